The van der Waals surface area contributed by atoms with Crippen LogP contribution < -0.4 is 5.32 Å². The molecular weight excluding hydrogens is 266 g/mol. The van der Waals surface area contributed by atoms with E-state index in [1.54, 1.807) is 0 Å². The Morgan fingerprint density at radius 2 is 1.86 bits per heavy atom. The summed E-state index contributed by atoms with van der Waals surface area (Å²) in [7, 11) is 0. The van der Waals surface area contributed by atoms with Gasteiger partial charge in [0.2, 0.25) is 5.91 Å². The van der Waals surface area contributed by atoms with E-state index in [0.29, 0.717) is 19.3 Å². The molecule has 0 fully saturated rings. The number of hydrogen-bond donors (Lipinski definition) is 2. The molecule has 1 atom stereocenters. The summed E-state index contributed by atoms with van der Waals surface area (Å²) in [4.78, 5) is 23.0. The van der Waals surface area contributed by atoms with Crippen molar-refractivity contribution in [2.75, 3.05) is 0 Å². The van der Waals surface area contributed by atoms with Crippen LogP contribution in [0.2, 0.25) is 0 Å². The van der Waals surface area contributed by atoms with Crippen LogP contribution in [0.5, 0.6) is 0 Å². The molecule has 1 unspecified atom stereocenters. The second kappa shape index (κ2) is 7.81. The van der Waals surface area contributed by atoms with E-state index < -0.39 is 12.0 Å². The molecule has 2 N–H and O–H groups in total. The molecule has 21 heavy (non-hydrogen) atoms. The Kier molecular flexibility index (Phi) is 6.40. The summed E-state index contributed by atoms with van der Waals surface area (Å²) in [6.45, 7) is 6.09. The van der Waals surface area contributed by atoms with Crippen LogP contribution in [0.15, 0.2) is 30.3 Å². The molecule has 0 aromatic heterocycles. The molecule has 0 aliphatic rings. The largest absolute Gasteiger partial charge is 0.480 e. The first kappa shape index (κ1) is 17.2. The Hall–Kier alpha value is -1.84. The van der Waals surface area contributed by atoms with Crippen molar-refractivity contribution in [3.8, 4) is 0 Å². The molecule has 0 bridgehead atoms. The highest BCUT2D eigenvalue weighted by molar-refractivity contribution is 5.83. The van der Waals surface area contributed by atoms with Crippen molar-refractivity contribution < 1.29 is 14.7 Å². The number of rotatable bonds is 8. The molecule has 1 aromatic carbocycles. The number of hydrogen-bond acceptors (Lipinski definition) is 2. The van der Waals surface area contributed by atoms with Crippen molar-refractivity contribution in [2.45, 2.75) is 57.9 Å². The lowest BCUT2D eigenvalue weighted by Gasteiger charge is -2.25. The molecule has 0 saturated heterocycles. The van der Waals surface area contributed by atoms with Crippen molar-refractivity contribution in [1.29, 1.82) is 0 Å². The van der Waals surface area contributed by atoms with Gasteiger partial charge in [-0.2, -0.15) is 0 Å². The fourth-order valence-electron chi connectivity index (χ4n) is 2.27. The Morgan fingerprint density at radius 1 is 1.24 bits per heavy atom. The van der Waals surface area contributed by atoms with Gasteiger partial charge in [-0.15, -0.1) is 0 Å². The predicted octanol–water partition coefficient (Wildman–Crippen LogP) is 3.11. The molecule has 0 spiro atoms. The molecule has 1 amide bonds. The van der Waals surface area contributed by atoms with E-state index in [1.807, 2.05) is 25.1 Å². The van der Waals surface area contributed by atoms with E-state index in [0.717, 1.165) is 6.42 Å². The van der Waals surface area contributed by atoms with Gasteiger partial charge in [0.25, 0.3) is 0 Å². The fraction of sp³-hybridized carbons (Fsp3) is 0.529. The lowest BCUT2D eigenvalue weighted by Crippen LogP contribution is -2.41. The summed E-state index contributed by atoms with van der Waals surface area (Å²) in [6.07, 6.45) is 2.20. The van der Waals surface area contributed by atoms with E-state index in [-0.39, 0.29) is 11.3 Å². The van der Waals surface area contributed by atoms with Gasteiger partial charge in [-0.25, -0.2) is 4.79 Å². The highest BCUT2D eigenvalue weighted by Crippen LogP contribution is 2.27. The number of nitrogens with one attached hydrogen (secondary N) is 1. The first-order valence-corrected chi connectivity index (χ1v) is 7.44. The molecule has 1 rings (SSSR count). The predicted molar refractivity (Wildman–Crippen MR) is 83.2 cm³/mol. The lowest BCUT2D eigenvalue weighted by molar-refractivity contribution is -0.142. The Bertz CT molecular complexity index is 468. The monoisotopic (exact) mass is 291 g/mol. The van der Waals surface area contributed by atoms with Crippen molar-refractivity contribution in [3.63, 3.8) is 0 Å². The molecule has 0 radical (unpaired) electrons. The van der Waals surface area contributed by atoms with Crippen molar-refractivity contribution >= 4 is 11.9 Å². The SMILES string of the molecule is CCCC(NC(=O)CCC(C)(C)c1ccccc1)C(=O)O. The number of amides is 1. The minimum absolute atomic E-state index is 0.109. The molecule has 4 nitrogen and oxygen atoms in total. The van der Waals surface area contributed by atoms with Crippen LogP contribution in [-0.4, -0.2) is 23.0 Å². The third kappa shape index (κ3) is 5.58. The normalized spacial score (nSPS) is 12.7. The molecule has 1 aromatic rings. The average Bonchev–Trinajstić information content (AvgIpc) is 2.45. The van der Waals surface area contributed by atoms with Crippen LogP contribution >= 0.6 is 0 Å². The van der Waals surface area contributed by atoms with E-state index >= 15 is 0 Å². The number of carboxylic acid groups (broad SMARTS) is 1. The van der Waals surface area contributed by atoms with E-state index in [9.17, 15) is 9.59 Å². The van der Waals surface area contributed by atoms with Crippen molar-refractivity contribution in [1.82, 2.24) is 5.32 Å². The average molecular weight is 291 g/mol. The molecule has 0 heterocycles. The smallest absolute Gasteiger partial charge is 0.326 e. The first-order chi connectivity index (χ1) is 9.86. The zero-order valence-corrected chi connectivity index (χ0v) is 13.1. The second-order valence-electron chi connectivity index (χ2n) is 6.00. The lowest BCUT2D eigenvalue weighted by atomic mass is 9.80. The summed E-state index contributed by atoms with van der Waals surface area (Å²) < 4.78 is 0. The van der Waals surface area contributed by atoms with E-state index in [1.165, 1.54) is 5.56 Å². The third-order valence-electron chi connectivity index (χ3n) is 3.74. The number of benzene rings is 1. The molecule has 4 heteroatoms. The van der Waals surface area contributed by atoms with Crippen molar-refractivity contribution in [3.05, 3.63) is 35.9 Å². The van der Waals surface area contributed by atoms with Crippen LogP contribution in [0, 0.1) is 0 Å². The molecular formula is C17H25NO3. The Morgan fingerprint density at radius 3 is 2.38 bits per heavy atom. The van der Waals surface area contributed by atoms with Gasteiger partial charge in [-0.1, -0.05) is 57.5 Å². The van der Waals surface area contributed by atoms with Gasteiger partial charge in [0.15, 0.2) is 0 Å². The van der Waals surface area contributed by atoms with Gasteiger partial charge in [-0.3, -0.25) is 4.79 Å². The maximum absolute atomic E-state index is 11.9. The van der Waals surface area contributed by atoms with Crippen LogP contribution in [-0.2, 0) is 15.0 Å². The minimum atomic E-state index is -0.965. The van der Waals surface area contributed by atoms with Gasteiger partial charge < -0.3 is 10.4 Å². The summed E-state index contributed by atoms with van der Waals surface area (Å²) in [5.41, 5.74) is 1.07. The Balaban J connectivity index is 2.54. The van der Waals surface area contributed by atoms with Crippen LogP contribution in [0.4, 0.5) is 0 Å². The third-order valence-corrected chi connectivity index (χ3v) is 3.74. The second-order valence-corrected chi connectivity index (χ2v) is 6.00. The summed E-state index contributed by atoms with van der Waals surface area (Å²) in [5, 5.41) is 11.6. The fourth-order valence-corrected chi connectivity index (χ4v) is 2.27. The highest BCUT2D eigenvalue weighted by atomic mass is 16.4. The zero-order chi connectivity index (χ0) is 15.9. The van der Waals surface area contributed by atoms with E-state index in [4.69, 9.17) is 5.11 Å². The topological polar surface area (TPSA) is 66.4 Å². The van der Waals surface area contributed by atoms with E-state index in [2.05, 4.69) is 31.3 Å². The quantitative estimate of drug-likeness (QED) is 0.773. The minimum Gasteiger partial charge on any atom is -0.480 e. The molecule has 0 aliphatic carbocycles. The van der Waals surface area contributed by atoms with Crippen LogP contribution in [0.3, 0.4) is 0 Å². The van der Waals surface area contributed by atoms with Crippen molar-refractivity contribution in [2.24, 2.45) is 0 Å². The van der Waals surface area contributed by atoms with Gasteiger partial charge >= 0.3 is 5.97 Å². The summed E-state index contributed by atoms with van der Waals surface area (Å²) in [5.74, 6) is -1.16. The number of carbonyl (C=O) groups excluding carboxylic acids is 1. The number of carbonyl (C=O) groups is 2. The summed E-state index contributed by atoms with van der Waals surface area (Å²) in [6, 6.07) is 9.26. The highest BCUT2D eigenvalue weighted by Gasteiger charge is 2.23. The first-order valence-electron chi connectivity index (χ1n) is 7.44. The molecule has 0 aliphatic heterocycles. The van der Waals surface area contributed by atoms with Crippen LogP contribution in [0.25, 0.3) is 0 Å². The number of carboxylic acids is 1. The Labute approximate surface area is 126 Å². The van der Waals surface area contributed by atoms with Gasteiger partial charge in [0.1, 0.15) is 6.04 Å². The van der Waals surface area contributed by atoms with Crippen LogP contribution in [0.1, 0.15) is 52.0 Å². The van der Waals surface area contributed by atoms with Gasteiger partial charge in [0, 0.05) is 6.42 Å². The molecule has 116 valence electrons. The zero-order valence-electron chi connectivity index (χ0n) is 13.1. The maximum atomic E-state index is 11.9. The maximum Gasteiger partial charge on any atom is 0.326 e. The van der Waals surface area contributed by atoms with Gasteiger partial charge in [0.05, 0.1) is 0 Å². The number of aliphatic carboxylic acids is 1. The molecule has 0 saturated carbocycles. The summed E-state index contributed by atoms with van der Waals surface area (Å²) >= 11 is 0. The standard InChI is InChI=1S/C17H25NO3/c1-4-8-14(16(20)21)18-15(19)11-12-17(2,3)13-9-6-5-7-10-13/h5-7,9-10,14H,4,8,11-12H2,1-3H3,(H,18,19)(H,20,21). The van der Waals surface area contributed by atoms with Gasteiger partial charge in [-0.05, 0) is 23.8 Å².